The number of ether oxygens (including phenoxy) is 2. The number of halogens is 5. The number of nitrogen functional groups attached to an aromatic ring is 1. The van der Waals surface area contributed by atoms with Crippen molar-refractivity contribution in [3.63, 3.8) is 0 Å². The highest BCUT2D eigenvalue weighted by atomic mass is 19.2. The predicted octanol–water partition coefficient (Wildman–Crippen LogP) is 7.33. The molecule has 2 aromatic carbocycles. The van der Waals surface area contributed by atoms with Gasteiger partial charge >= 0.3 is 12.1 Å². The van der Waals surface area contributed by atoms with Crippen molar-refractivity contribution in [2.75, 3.05) is 36.9 Å². The lowest BCUT2D eigenvalue weighted by Gasteiger charge is -2.52. The van der Waals surface area contributed by atoms with Crippen LogP contribution in [-0.4, -0.2) is 85.9 Å². The summed E-state index contributed by atoms with van der Waals surface area (Å²) in [5.74, 6) is -6.25. The van der Waals surface area contributed by atoms with Gasteiger partial charge in [0.15, 0.2) is 17.5 Å². The van der Waals surface area contributed by atoms with Gasteiger partial charge in [-0.15, -0.1) is 6.42 Å². The van der Waals surface area contributed by atoms with Gasteiger partial charge in [-0.05, 0) is 96.0 Å². The number of rotatable bonds is 4. The molecule has 5 aliphatic heterocycles. The maximum atomic E-state index is 17.7. The summed E-state index contributed by atoms with van der Waals surface area (Å²) >= 11 is 0. The van der Waals surface area contributed by atoms with E-state index in [1.807, 2.05) is 0 Å². The molecule has 10 nitrogen and oxygen atoms in total. The Morgan fingerprint density at radius 1 is 1.02 bits per heavy atom. The standard InChI is InChI=1S/C40H40F5N7O3/c1-5-23-28-21(17-25(41)30(23)42)16-22(46)18-24(28)32-31(43)33-29-26(47-32)8-9-27-40(45)13-12-39(44,52(40)36(53)55-37(2,3)4)19-51(27)34(29)49-35(48-33)54-20-38-10-6-14-50(38)15-7-11-38/h1,16-18,27H,6-15,19-20,46H2,2-4H3/t27-,39+,40-/m0/s1. The van der Waals surface area contributed by atoms with Crippen molar-refractivity contribution < 1.29 is 36.2 Å². The molecule has 0 unspecified atom stereocenters. The lowest BCUT2D eigenvalue weighted by molar-refractivity contribution is -0.133. The monoisotopic (exact) mass is 761 g/mol. The second kappa shape index (κ2) is 12.0. The van der Waals surface area contributed by atoms with E-state index in [4.69, 9.17) is 31.6 Å². The van der Waals surface area contributed by atoms with Crippen molar-refractivity contribution in [1.82, 2.24) is 24.8 Å². The topological polar surface area (TPSA) is 110 Å². The number of hydrogen-bond donors (Lipinski definition) is 1. The van der Waals surface area contributed by atoms with Gasteiger partial charge in [-0.25, -0.2) is 36.6 Å². The lowest BCUT2D eigenvalue weighted by Crippen LogP contribution is -2.71. The SMILES string of the molecule is C#Cc1c(F)c(F)cc2cc(N)cc(-c3nc4c5c(nc(OCC67CCCN6CCC7)nc5c3F)N3C[C@@]5(F)CC[C@@](F)([C@@H]3CC4)N5C(=O)OC(C)(C)C)c12. The maximum absolute atomic E-state index is 17.7. The lowest BCUT2D eigenvalue weighted by atomic mass is 9.94. The van der Waals surface area contributed by atoms with E-state index in [1.165, 1.54) is 17.0 Å². The first kappa shape index (κ1) is 35.7. The van der Waals surface area contributed by atoms with Crippen LogP contribution in [0.25, 0.3) is 32.9 Å². The zero-order chi connectivity index (χ0) is 38.8. The molecule has 15 heteroatoms. The molecule has 1 amide bonds. The Morgan fingerprint density at radius 2 is 1.76 bits per heavy atom. The van der Waals surface area contributed by atoms with E-state index in [2.05, 4.69) is 15.8 Å². The highest BCUT2D eigenvalue weighted by Crippen LogP contribution is 2.55. The van der Waals surface area contributed by atoms with Gasteiger partial charge in [-0.2, -0.15) is 9.97 Å². The molecule has 7 heterocycles. The van der Waals surface area contributed by atoms with Crippen LogP contribution in [0.3, 0.4) is 0 Å². The van der Waals surface area contributed by atoms with Crippen molar-refractivity contribution in [3.05, 3.63) is 46.9 Å². The molecular weight excluding hydrogens is 721 g/mol. The zero-order valence-electron chi connectivity index (χ0n) is 30.7. The number of amides is 1. The molecule has 4 fully saturated rings. The van der Waals surface area contributed by atoms with Gasteiger partial charge in [-0.1, -0.05) is 5.92 Å². The first-order valence-electron chi connectivity index (χ1n) is 18.7. The number of carbonyl (C=O) groups is 1. The van der Waals surface area contributed by atoms with Crippen LogP contribution in [0.4, 0.5) is 38.3 Å². The molecule has 0 radical (unpaired) electrons. The number of nitrogens with zero attached hydrogens (tertiary/aromatic N) is 6. The number of carbonyl (C=O) groups excluding carboxylic acids is 1. The first-order valence-corrected chi connectivity index (χ1v) is 18.7. The molecule has 2 aromatic heterocycles. The number of nitrogens with two attached hydrogens (primary N) is 1. The molecule has 2 N–H and O–H groups in total. The maximum Gasteiger partial charge on any atom is 0.415 e. The summed E-state index contributed by atoms with van der Waals surface area (Å²) in [6, 6.07) is 2.36. The minimum atomic E-state index is -2.53. The Balaban J connectivity index is 1.25. The van der Waals surface area contributed by atoms with Crippen LogP contribution in [0.5, 0.6) is 6.01 Å². The average molecular weight is 762 g/mol. The number of anilines is 2. The van der Waals surface area contributed by atoms with Crippen LogP contribution in [-0.2, 0) is 11.2 Å². The van der Waals surface area contributed by atoms with Crippen LogP contribution >= 0.6 is 0 Å². The Labute approximate surface area is 314 Å². The average Bonchev–Trinajstić information content (AvgIpc) is 3.72. The van der Waals surface area contributed by atoms with Crippen LogP contribution < -0.4 is 15.4 Å². The quantitative estimate of drug-likeness (QED) is 0.0990. The minimum absolute atomic E-state index is 0.00614. The van der Waals surface area contributed by atoms with E-state index in [9.17, 15) is 9.18 Å². The summed E-state index contributed by atoms with van der Waals surface area (Å²) < 4.78 is 93.8. The Hall–Kier alpha value is -4.97. The number of alkyl halides is 2. The van der Waals surface area contributed by atoms with Crippen molar-refractivity contribution in [2.24, 2.45) is 0 Å². The third-order valence-electron chi connectivity index (χ3n) is 12.1. The first-order chi connectivity index (χ1) is 26.1. The summed E-state index contributed by atoms with van der Waals surface area (Å²) in [7, 11) is 0. The number of fused-ring (bicyclic) bond motifs is 7. The van der Waals surface area contributed by atoms with Crippen molar-refractivity contribution in [3.8, 4) is 29.6 Å². The van der Waals surface area contributed by atoms with Crippen LogP contribution in [0.2, 0.25) is 0 Å². The van der Waals surface area contributed by atoms with E-state index in [-0.39, 0.29) is 94.0 Å². The number of aromatic nitrogens is 3. The minimum Gasteiger partial charge on any atom is -0.461 e. The number of terminal acetylenes is 1. The van der Waals surface area contributed by atoms with Gasteiger partial charge in [0.1, 0.15) is 29.2 Å². The number of pyridine rings is 1. The number of piperazine rings is 1. The molecule has 0 spiro atoms. The van der Waals surface area contributed by atoms with E-state index >= 15 is 17.6 Å². The highest BCUT2D eigenvalue weighted by Gasteiger charge is 2.69. The normalized spacial score (nSPS) is 25.5. The second-order valence-corrected chi connectivity index (χ2v) is 16.6. The third-order valence-corrected chi connectivity index (χ3v) is 12.1. The predicted molar refractivity (Wildman–Crippen MR) is 195 cm³/mol. The second-order valence-electron chi connectivity index (χ2n) is 16.6. The van der Waals surface area contributed by atoms with Crippen molar-refractivity contribution in [2.45, 2.75) is 101 Å². The van der Waals surface area contributed by atoms with Gasteiger partial charge in [0.05, 0.1) is 34.8 Å². The van der Waals surface area contributed by atoms with Crippen LogP contribution in [0, 0.1) is 29.8 Å². The van der Waals surface area contributed by atoms with E-state index < -0.39 is 58.9 Å². The molecule has 2 bridgehead atoms. The molecule has 3 atom stereocenters. The van der Waals surface area contributed by atoms with Crippen molar-refractivity contribution in [1.29, 1.82) is 0 Å². The fourth-order valence-corrected chi connectivity index (χ4v) is 9.82. The third kappa shape index (κ3) is 5.30. The largest absolute Gasteiger partial charge is 0.461 e. The summed E-state index contributed by atoms with van der Waals surface area (Å²) in [6.07, 6.45) is 7.81. The van der Waals surface area contributed by atoms with Crippen LogP contribution in [0.1, 0.15) is 77.0 Å². The van der Waals surface area contributed by atoms with Gasteiger partial charge in [0.25, 0.3) is 0 Å². The van der Waals surface area contributed by atoms with Crippen molar-refractivity contribution >= 4 is 39.3 Å². The summed E-state index contributed by atoms with van der Waals surface area (Å²) in [5.41, 5.74) is 4.33. The summed E-state index contributed by atoms with van der Waals surface area (Å²) in [5, 5.41) is 0.262. The molecule has 9 rings (SSSR count). The molecule has 5 aliphatic rings. The summed E-state index contributed by atoms with van der Waals surface area (Å²) in [4.78, 5) is 32.0. The van der Waals surface area contributed by atoms with E-state index in [0.717, 1.165) is 44.8 Å². The number of aryl methyl sites for hydroxylation is 1. The highest BCUT2D eigenvalue weighted by molar-refractivity contribution is 6.04. The molecule has 4 saturated heterocycles. The fourth-order valence-electron chi connectivity index (χ4n) is 9.82. The van der Waals surface area contributed by atoms with Crippen LogP contribution in [0.15, 0.2) is 18.2 Å². The molecular formula is C40H40F5N7O3. The Morgan fingerprint density at radius 3 is 2.47 bits per heavy atom. The van der Waals surface area contributed by atoms with Gasteiger partial charge in [0, 0.05) is 29.5 Å². The molecule has 0 aliphatic carbocycles. The number of benzene rings is 2. The van der Waals surface area contributed by atoms with Gasteiger partial charge in [0.2, 0.25) is 11.6 Å². The Kier molecular flexibility index (Phi) is 7.80. The summed E-state index contributed by atoms with van der Waals surface area (Å²) in [6.45, 7) is 6.46. The molecule has 4 aromatic rings. The zero-order valence-corrected chi connectivity index (χ0v) is 30.7. The number of hydrogen-bond acceptors (Lipinski definition) is 9. The molecule has 0 saturated carbocycles. The smallest absolute Gasteiger partial charge is 0.415 e. The molecule has 55 heavy (non-hydrogen) atoms. The van der Waals surface area contributed by atoms with E-state index in [0.29, 0.717) is 4.90 Å². The van der Waals surface area contributed by atoms with Gasteiger partial charge in [-0.3, -0.25) is 4.90 Å². The van der Waals surface area contributed by atoms with E-state index in [1.54, 1.807) is 20.8 Å². The molecule has 288 valence electrons. The Bertz CT molecular complexity index is 2350. The van der Waals surface area contributed by atoms with Gasteiger partial charge < -0.3 is 20.1 Å². The fraction of sp³-hybridized carbons (Fsp3) is 0.500.